The average molecular weight is 522 g/mol. The molecular formula is C21H16FN3O8S2. The van der Waals surface area contributed by atoms with E-state index in [4.69, 9.17) is 0 Å². The predicted molar refractivity (Wildman–Crippen MR) is 120 cm³/mol. The molecule has 3 aromatic carbocycles. The van der Waals surface area contributed by atoms with Crippen LogP contribution in [0.2, 0.25) is 0 Å². The Morgan fingerprint density at radius 1 is 0.800 bits per heavy atom. The summed E-state index contributed by atoms with van der Waals surface area (Å²) in [7, 11) is -10.3. The van der Waals surface area contributed by atoms with Crippen LogP contribution in [0.5, 0.6) is 0 Å². The number of non-ortho nitro benzene ring substituents is 1. The number of hydrogen-bond acceptors (Lipinski definition) is 8. The molecular weight excluding hydrogens is 505 g/mol. The van der Waals surface area contributed by atoms with Crippen LogP contribution >= 0.6 is 0 Å². The van der Waals surface area contributed by atoms with Crippen LogP contribution < -0.4 is 0 Å². The lowest BCUT2D eigenvalue weighted by molar-refractivity contribution is -0.387. The Bertz CT molecular complexity index is 1540. The Hall–Kier alpha value is -3.75. The van der Waals surface area contributed by atoms with Crippen molar-refractivity contribution >= 4 is 31.4 Å². The molecule has 2 atom stereocenters. The van der Waals surface area contributed by atoms with Crippen LogP contribution in [0.4, 0.5) is 15.8 Å². The maximum Gasteiger partial charge on any atom is 0.289 e. The zero-order valence-corrected chi connectivity index (χ0v) is 19.2. The van der Waals surface area contributed by atoms with Crippen molar-refractivity contribution < 1.29 is 31.1 Å². The van der Waals surface area contributed by atoms with Crippen molar-refractivity contribution in [3.63, 3.8) is 0 Å². The molecule has 3 aromatic rings. The smallest absolute Gasteiger partial charge is 0.258 e. The lowest BCUT2D eigenvalue weighted by Crippen LogP contribution is -2.42. The second kappa shape index (κ2) is 8.79. The molecule has 0 saturated heterocycles. The molecule has 0 heterocycles. The van der Waals surface area contributed by atoms with Crippen molar-refractivity contribution in [2.75, 3.05) is 0 Å². The summed E-state index contributed by atoms with van der Waals surface area (Å²) >= 11 is 0. The molecule has 14 heteroatoms. The number of alkyl halides is 1. The lowest BCUT2D eigenvalue weighted by Gasteiger charge is -2.29. The normalized spacial score (nSPS) is 17.8. The second-order valence-corrected chi connectivity index (χ2v) is 11.4. The van der Waals surface area contributed by atoms with Crippen LogP contribution in [0, 0.1) is 20.2 Å². The molecule has 0 N–H and O–H groups in total. The maximum atomic E-state index is 15.4. The van der Waals surface area contributed by atoms with Gasteiger partial charge in [0.15, 0.2) is 4.90 Å². The molecule has 0 bridgehead atoms. The summed E-state index contributed by atoms with van der Waals surface area (Å²) in [6, 6.07) is 11.6. The van der Waals surface area contributed by atoms with Gasteiger partial charge >= 0.3 is 0 Å². The topological polar surface area (TPSA) is 158 Å². The van der Waals surface area contributed by atoms with Gasteiger partial charge in [-0.3, -0.25) is 20.2 Å². The van der Waals surface area contributed by atoms with Gasteiger partial charge < -0.3 is 0 Å². The van der Waals surface area contributed by atoms with Gasteiger partial charge in [-0.1, -0.05) is 40.1 Å². The Morgan fingerprint density at radius 2 is 1.40 bits per heavy atom. The van der Waals surface area contributed by atoms with Crippen LogP contribution in [0.25, 0.3) is 0 Å². The Labute approximate surface area is 198 Å². The van der Waals surface area contributed by atoms with Gasteiger partial charge in [-0.05, 0) is 29.3 Å². The van der Waals surface area contributed by atoms with E-state index in [1.54, 1.807) is 6.07 Å². The standard InChI is InChI=1S/C21H16FN3O8S2/c22-18-13-14-5-1-2-6-17(14)21(18)25(34(30,31)16-11-9-15(10-12-16)23(26)27)35(32,33)20-8-4-3-7-19(20)24(28)29/h1-12,18,21H,13H2. The predicted octanol–water partition coefficient (Wildman–Crippen LogP) is 3.52. The highest BCUT2D eigenvalue weighted by Gasteiger charge is 2.51. The average Bonchev–Trinajstić information content (AvgIpc) is 3.14. The van der Waals surface area contributed by atoms with Gasteiger partial charge in [0, 0.05) is 24.6 Å². The molecule has 0 aliphatic heterocycles. The SMILES string of the molecule is O=[N+]([O-])c1ccc(S(=O)(=O)N(C2c3ccccc3CC2F)S(=O)(=O)c2ccccc2[N+](=O)[O-])cc1. The largest absolute Gasteiger partial charge is 0.289 e. The third-order valence-corrected chi connectivity index (χ3v) is 9.87. The van der Waals surface area contributed by atoms with E-state index in [2.05, 4.69) is 0 Å². The van der Waals surface area contributed by atoms with Crippen LogP contribution in [0.3, 0.4) is 0 Å². The number of rotatable bonds is 7. The molecule has 11 nitrogen and oxygen atoms in total. The van der Waals surface area contributed by atoms with Crippen molar-refractivity contribution in [1.82, 2.24) is 3.71 Å². The number of sulfonamides is 2. The quantitative estimate of drug-likeness (QED) is 0.337. The molecule has 2 unspecified atom stereocenters. The van der Waals surface area contributed by atoms with E-state index in [1.807, 2.05) is 0 Å². The van der Waals surface area contributed by atoms with E-state index in [1.165, 1.54) is 30.3 Å². The minimum absolute atomic E-state index is 0.0556. The second-order valence-electron chi connectivity index (χ2n) is 7.58. The van der Waals surface area contributed by atoms with Crippen molar-refractivity contribution in [1.29, 1.82) is 0 Å². The van der Waals surface area contributed by atoms with E-state index in [-0.39, 0.29) is 15.7 Å². The van der Waals surface area contributed by atoms with E-state index < -0.39 is 63.3 Å². The lowest BCUT2D eigenvalue weighted by atomic mass is 10.1. The minimum Gasteiger partial charge on any atom is -0.258 e. The van der Waals surface area contributed by atoms with Crippen molar-refractivity contribution in [2.24, 2.45) is 0 Å². The number of nitro groups is 2. The molecule has 0 spiro atoms. The molecule has 0 saturated carbocycles. The summed E-state index contributed by atoms with van der Waals surface area (Å²) < 4.78 is 70.2. The van der Waals surface area contributed by atoms with E-state index >= 15 is 4.39 Å². The molecule has 4 rings (SSSR count). The molecule has 0 fully saturated rings. The summed E-state index contributed by atoms with van der Waals surface area (Å²) in [6.07, 6.45) is -2.27. The molecule has 0 amide bonds. The van der Waals surface area contributed by atoms with Gasteiger partial charge in [-0.15, -0.1) is 0 Å². The van der Waals surface area contributed by atoms with Gasteiger partial charge in [-0.2, -0.15) is 0 Å². The summed E-state index contributed by atoms with van der Waals surface area (Å²) in [6.45, 7) is 0. The van der Waals surface area contributed by atoms with E-state index in [9.17, 15) is 37.1 Å². The summed E-state index contributed by atoms with van der Waals surface area (Å²) in [5.41, 5.74) is -0.871. The third-order valence-electron chi connectivity index (χ3n) is 5.52. The molecule has 0 aromatic heterocycles. The maximum absolute atomic E-state index is 15.4. The van der Waals surface area contributed by atoms with Gasteiger partial charge in [0.25, 0.3) is 31.4 Å². The zero-order valence-electron chi connectivity index (χ0n) is 17.6. The molecule has 1 aliphatic rings. The number of hydrogen-bond donors (Lipinski definition) is 0. The highest BCUT2D eigenvalue weighted by molar-refractivity contribution is 8.04. The van der Waals surface area contributed by atoms with E-state index in [0.29, 0.717) is 5.56 Å². The number of benzene rings is 3. The van der Waals surface area contributed by atoms with E-state index in [0.717, 1.165) is 36.4 Å². The van der Waals surface area contributed by atoms with Gasteiger partial charge in [-0.25, -0.2) is 21.2 Å². The van der Waals surface area contributed by atoms with Gasteiger partial charge in [0.2, 0.25) is 0 Å². The Balaban J connectivity index is 1.99. The Kier molecular flexibility index (Phi) is 6.12. The first kappa shape index (κ1) is 24.4. The van der Waals surface area contributed by atoms with Crippen molar-refractivity contribution in [3.05, 3.63) is 104 Å². The molecule has 1 aliphatic carbocycles. The first-order valence-electron chi connectivity index (χ1n) is 9.95. The van der Waals surface area contributed by atoms with Crippen LogP contribution in [0.1, 0.15) is 17.2 Å². The highest BCUT2D eigenvalue weighted by atomic mass is 32.3. The number of nitrogens with zero attached hydrogens (tertiary/aromatic N) is 3. The molecule has 0 radical (unpaired) electrons. The highest BCUT2D eigenvalue weighted by Crippen LogP contribution is 2.44. The minimum atomic E-state index is -5.24. The number of nitro benzene ring substituents is 2. The van der Waals surface area contributed by atoms with Crippen LogP contribution in [-0.2, 0) is 26.5 Å². The van der Waals surface area contributed by atoms with Gasteiger partial charge in [0.05, 0.1) is 20.8 Å². The monoisotopic (exact) mass is 521 g/mol. The summed E-state index contributed by atoms with van der Waals surface area (Å²) in [5.74, 6) is 0. The van der Waals surface area contributed by atoms with Crippen LogP contribution in [0.15, 0.2) is 82.6 Å². The number of fused-ring (bicyclic) bond motifs is 1. The molecule has 182 valence electrons. The van der Waals surface area contributed by atoms with Crippen LogP contribution in [-0.4, -0.2) is 36.6 Å². The first-order valence-corrected chi connectivity index (χ1v) is 12.8. The Morgan fingerprint density at radius 3 is 2.03 bits per heavy atom. The van der Waals surface area contributed by atoms with Crippen molar-refractivity contribution in [2.45, 2.75) is 28.4 Å². The number of para-hydroxylation sites is 1. The van der Waals surface area contributed by atoms with Crippen molar-refractivity contribution in [3.8, 4) is 0 Å². The summed E-state index contributed by atoms with van der Waals surface area (Å²) in [4.78, 5) is 19.1. The number of halogens is 1. The first-order chi connectivity index (χ1) is 16.5. The molecule has 35 heavy (non-hydrogen) atoms. The van der Waals surface area contributed by atoms with Gasteiger partial charge in [0.1, 0.15) is 6.17 Å². The fraction of sp³-hybridized carbons (Fsp3) is 0.143. The third kappa shape index (κ3) is 4.15. The zero-order chi connectivity index (χ0) is 25.5. The fourth-order valence-electron chi connectivity index (χ4n) is 3.97. The summed E-state index contributed by atoms with van der Waals surface area (Å²) in [5, 5.41) is 22.5. The fourth-order valence-corrected chi connectivity index (χ4v) is 8.13.